The fourth-order valence-electron chi connectivity index (χ4n) is 1.61. The van der Waals surface area contributed by atoms with E-state index in [2.05, 4.69) is 53.4 Å². The number of rotatable bonds is 10. The molecule has 0 aromatic heterocycles. The lowest BCUT2D eigenvalue weighted by Crippen LogP contribution is -2.33. The Labute approximate surface area is 125 Å². The molecule has 0 bridgehead atoms. The minimum Gasteiger partial charge on any atom is -0.378 e. The standard InChI is InChI=1S/C16H35NO3/c1-8-17(10-12-19-15(2,3)4)9-11-18-13-14-20-16(5,6)7/h8-14H2,1-7H3. The number of hydrogen-bond acceptors (Lipinski definition) is 4. The van der Waals surface area contributed by atoms with E-state index in [-0.39, 0.29) is 11.2 Å². The number of hydrogen-bond donors (Lipinski definition) is 0. The van der Waals surface area contributed by atoms with E-state index in [1.807, 2.05) is 0 Å². The maximum atomic E-state index is 5.74. The van der Waals surface area contributed by atoms with Crippen LogP contribution in [0.1, 0.15) is 48.5 Å². The third-order valence-corrected chi connectivity index (χ3v) is 2.70. The van der Waals surface area contributed by atoms with Gasteiger partial charge in [-0.15, -0.1) is 0 Å². The van der Waals surface area contributed by atoms with Gasteiger partial charge in [0.2, 0.25) is 0 Å². The molecule has 0 aromatic rings. The summed E-state index contributed by atoms with van der Waals surface area (Å²) in [4.78, 5) is 2.34. The predicted molar refractivity (Wildman–Crippen MR) is 84.3 cm³/mol. The average Bonchev–Trinajstić information content (AvgIpc) is 2.28. The fourth-order valence-corrected chi connectivity index (χ4v) is 1.61. The summed E-state index contributed by atoms with van der Waals surface area (Å²) in [6, 6.07) is 0. The molecule has 0 unspecified atom stereocenters. The van der Waals surface area contributed by atoms with Gasteiger partial charge in [0.1, 0.15) is 0 Å². The molecule has 0 radical (unpaired) electrons. The monoisotopic (exact) mass is 289 g/mol. The topological polar surface area (TPSA) is 30.9 Å². The molecule has 0 saturated carbocycles. The first-order chi connectivity index (χ1) is 9.14. The lowest BCUT2D eigenvalue weighted by atomic mass is 10.2. The molecular weight excluding hydrogens is 254 g/mol. The SMILES string of the molecule is CCN(CCOCCOC(C)(C)C)CCOC(C)(C)C. The molecule has 0 heterocycles. The second-order valence-corrected chi connectivity index (χ2v) is 6.97. The van der Waals surface area contributed by atoms with Crippen molar-refractivity contribution in [3.8, 4) is 0 Å². The fraction of sp³-hybridized carbons (Fsp3) is 1.00. The lowest BCUT2D eigenvalue weighted by Gasteiger charge is -2.24. The van der Waals surface area contributed by atoms with Crippen molar-refractivity contribution in [2.45, 2.75) is 59.7 Å². The average molecular weight is 289 g/mol. The van der Waals surface area contributed by atoms with Crippen LogP contribution in [0.5, 0.6) is 0 Å². The van der Waals surface area contributed by atoms with Gasteiger partial charge in [0.05, 0.1) is 37.6 Å². The largest absolute Gasteiger partial charge is 0.378 e. The highest BCUT2D eigenvalue weighted by Gasteiger charge is 2.11. The third kappa shape index (κ3) is 14.3. The van der Waals surface area contributed by atoms with Gasteiger partial charge in [-0.2, -0.15) is 0 Å². The summed E-state index contributed by atoms with van der Waals surface area (Å²) in [6.45, 7) is 20.3. The normalized spacial score (nSPS) is 13.2. The summed E-state index contributed by atoms with van der Waals surface area (Å²) in [5.74, 6) is 0. The van der Waals surface area contributed by atoms with Crippen LogP contribution in [0.2, 0.25) is 0 Å². The highest BCUT2D eigenvalue weighted by Crippen LogP contribution is 2.06. The van der Waals surface area contributed by atoms with Crippen LogP contribution < -0.4 is 0 Å². The van der Waals surface area contributed by atoms with E-state index in [1.165, 1.54) is 0 Å². The van der Waals surface area contributed by atoms with Crippen molar-refractivity contribution in [1.29, 1.82) is 0 Å². The van der Waals surface area contributed by atoms with E-state index in [0.29, 0.717) is 13.2 Å². The van der Waals surface area contributed by atoms with Crippen LogP contribution in [-0.4, -0.2) is 62.2 Å². The zero-order valence-corrected chi connectivity index (χ0v) is 14.6. The zero-order valence-electron chi connectivity index (χ0n) is 14.6. The van der Waals surface area contributed by atoms with Crippen molar-refractivity contribution in [3.63, 3.8) is 0 Å². The minimum absolute atomic E-state index is 0.0554. The van der Waals surface area contributed by atoms with Crippen LogP contribution in [0.4, 0.5) is 0 Å². The highest BCUT2D eigenvalue weighted by atomic mass is 16.5. The van der Waals surface area contributed by atoms with Crippen molar-refractivity contribution in [2.75, 3.05) is 46.1 Å². The van der Waals surface area contributed by atoms with E-state index >= 15 is 0 Å². The number of nitrogens with zero attached hydrogens (tertiary/aromatic N) is 1. The van der Waals surface area contributed by atoms with Gasteiger partial charge in [-0.1, -0.05) is 6.92 Å². The first-order valence-electron chi connectivity index (χ1n) is 7.72. The van der Waals surface area contributed by atoms with Crippen LogP contribution in [0, 0.1) is 0 Å². The molecule has 0 aliphatic rings. The first-order valence-corrected chi connectivity index (χ1v) is 7.72. The van der Waals surface area contributed by atoms with Gasteiger partial charge in [-0.25, -0.2) is 0 Å². The maximum Gasteiger partial charge on any atom is 0.0707 e. The van der Waals surface area contributed by atoms with Crippen LogP contribution in [0.25, 0.3) is 0 Å². The Kier molecular flexibility index (Phi) is 9.64. The van der Waals surface area contributed by atoms with Crippen molar-refractivity contribution in [1.82, 2.24) is 4.90 Å². The molecule has 0 saturated heterocycles. The van der Waals surface area contributed by atoms with E-state index in [9.17, 15) is 0 Å². The van der Waals surface area contributed by atoms with Gasteiger partial charge >= 0.3 is 0 Å². The summed E-state index contributed by atoms with van der Waals surface area (Å²) >= 11 is 0. The van der Waals surface area contributed by atoms with Gasteiger partial charge < -0.3 is 14.2 Å². The van der Waals surface area contributed by atoms with E-state index in [4.69, 9.17) is 14.2 Å². The molecule has 4 nitrogen and oxygen atoms in total. The third-order valence-electron chi connectivity index (χ3n) is 2.70. The van der Waals surface area contributed by atoms with Gasteiger partial charge in [0.25, 0.3) is 0 Å². The number of ether oxygens (including phenoxy) is 3. The Morgan fingerprint density at radius 3 is 1.70 bits per heavy atom. The molecule has 0 amide bonds. The van der Waals surface area contributed by atoms with Gasteiger partial charge in [-0.05, 0) is 48.1 Å². The van der Waals surface area contributed by atoms with Crippen LogP contribution in [0.15, 0.2) is 0 Å². The molecule has 0 aliphatic carbocycles. The maximum absolute atomic E-state index is 5.74. The molecule has 0 N–H and O–H groups in total. The zero-order chi connectivity index (χ0) is 15.6. The van der Waals surface area contributed by atoms with Crippen LogP contribution in [-0.2, 0) is 14.2 Å². The summed E-state index contributed by atoms with van der Waals surface area (Å²) in [6.07, 6.45) is 0. The van der Waals surface area contributed by atoms with E-state index < -0.39 is 0 Å². The Morgan fingerprint density at radius 2 is 1.20 bits per heavy atom. The Bertz CT molecular complexity index is 231. The second-order valence-electron chi connectivity index (χ2n) is 6.97. The number of likely N-dealkylation sites (N-methyl/N-ethyl adjacent to an activating group) is 1. The van der Waals surface area contributed by atoms with Crippen molar-refractivity contribution >= 4 is 0 Å². The van der Waals surface area contributed by atoms with Crippen LogP contribution >= 0.6 is 0 Å². The van der Waals surface area contributed by atoms with E-state index in [0.717, 1.165) is 32.8 Å². The smallest absolute Gasteiger partial charge is 0.0707 e. The lowest BCUT2D eigenvalue weighted by molar-refractivity contribution is -0.0396. The van der Waals surface area contributed by atoms with Gasteiger partial charge in [0.15, 0.2) is 0 Å². The molecule has 0 atom stereocenters. The molecular formula is C16H35NO3. The Hall–Kier alpha value is -0.160. The highest BCUT2D eigenvalue weighted by molar-refractivity contribution is 4.61. The predicted octanol–water partition coefficient (Wildman–Crippen LogP) is 2.96. The first kappa shape index (κ1) is 19.8. The quantitative estimate of drug-likeness (QED) is 0.579. The Morgan fingerprint density at radius 1 is 0.700 bits per heavy atom. The van der Waals surface area contributed by atoms with Gasteiger partial charge in [0, 0.05) is 13.1 Å². The molecule has 0 aromatic carbocycles. The summed E-state index contributed by atoms with van der Waals surface area (Å²) in [5, 5.41) is 0. The van der Waals surface area contributed by atoms with E-state index in [1.54, 1.807) is 0 Å². The summed E-state index contributed by atoms with van der Waals surface area (Å²) in [7, 11) is 0. The molecule has 0 spiro atoms. The van der Waals surface area contributed by atoms with Crippen LogP contribution in [0.3, 0.4) is 0 Å². The molecule has 0 fully saturated rings. The minimum atomic E-state index is -0.0802. The van der Waals surface area contributed by atoms with Gasteiger partial charge in [-0.3, -0.25) is 4.90 Å². The molecule has 4 heteroatoms. The summed E-state index contributed by atoms with van der Waals surface area (Å²) < 4.78 is 16.9. The molecule has 20 heavy (non-hydrogen) atoms. The summed E-state index contributed by atoms with van der Waals surface area (Å²) in [5.41, 5.74) is -0.136. The van der Waals surface area contributed by atoms with Crippen molar-refractivity contribution in [3.05, 3.63) is 0 Å². The Balaban J connectivity index is 3.55. The second kappa shape index (κ2) is 9.72. The molecule has 122 valence electrons. The molecule has 0 aliphatic heterocycles. The van der Waals surface area contributed by atoms with Crippen molar-refractivity contribution in [2.24, 2.45) is 0 Å². The van der Waals surface area contributed by atoms with Crippen molar-refractivity contribution < 1.29 is 14.2 Å². The molecule has 0 rings (SSSR count).